The summed E-state index contributed by atoms with van der Waals surface area (Å²) < 4.78 is 37.1. The third-order valence-corrected chi connectivity index (χ3v) is 2.74. The summed E-state index contributed by atoms with van der Waals surface area (Å²) in [5.41, 5.74) is -0.615. The Kier molecular flexibility index (Phi) is 5.62. The Morgan fingerprint density at radius 3 is 2.00 bits per heavy atom. The van der Waals surface area contributed by atoms with E-state index in [9.17, 15) is 13.2 Å². The Hall–Kier alpha value is -0.133. The van der Waals surface area contributed by atoms with Crippen LogP contribution in [0.3, 0.4) is 0 Å². The molecule has 0 aliphatic rings. The van der Waals surface area contributed by atoms with Crippen LogP contribution in [-0.2, 0) is 6.18 Å². The molecular formula is C9H6F3LiSe. The molecule has 0 aliphatic heterocycles. The molecule has 0 saturated heterocycles. The van der Waals surface area contributed by atoms with Gasteiger partial charge in [-0.05, 0) is 0 Å². The van der Waals surface area contributed by atoms with Gasteiger partial charge in [0.15, 0.2) is 0 Å². The minimum atomic E-state index is -4.25. The van der Waals surface area contributed by atoms with Gasteiger partial charge in [-0.25, -0.2) is 0 Å². The number of benzene rings is 1. The molecule has 0 aromatic heterocycles. The second-order valence-corrected chi connectivity index (χ2v) is 4.29. The summed E-state index contributed by atoms with van der Waals surface area (Å²) in [7, 11) is 0. The van der Waals surface area contributed by atoms with E-state index in [1.54, 1.807) is 0 Å². The third kappa shape index (κ3) is 3.94. The second kappa shape index (κ2) is 5.68. The Labute approximate surface area is 98.9 Å². The van der Waals surface area contributed by atoms with E-state index in [0.717, 1.165) is 16.6 Å². The van der Waals surface area contributed by atoms with Crippen LogP contribution >= 0.6 is 0 Å². The number of alkyl halides is 3. The molecule has 1 aromatic rings. The van der Waals surface area contributed by atoms with Crippen molar-refractivity contribution in [1.29, 1.82) is 0 Å². The Morgan fingerprint density at radius 2 is 1.64 bits per heavy atom. The topological polar surface area (TPSA) is 0 Å². The summed E-state index contributed by atoms with van der Waals surface area (Å²) in [5.74, 6) is 0. The van der Waals surface area contributed by atoms with Crippen molar-refractivity contribution in [2.75, 3.05) is 0 Å². The van der Waals surface area contributed by atoms with Crippen molar-refractivity contribution in [1.82, 2.24) is 0 Å². The van der Waals surface area contributed by atoms with Gasteiger partial charge in [-0.2, -0.15) is 0 Å². The first-order chi connectivity index (χ1) is 6.04. The molecule has 0 amide bonds. The molecule has 0 fully saturated rings. The van der Waals surface area contributed by atoms with Crippen molar-refractivity contribution in [3.05, 3.63) is 41.4 Å². The standard InChI is InChI=1S/C9H6F3Se.Li/c1-2-13-8-5-3-7(4-6-8)9(10,11)12;/h3-6H,1H2;/q-1;+1. The van der Waals surface area contributed by atoms with Crippen molar-refractivity contribution in [3.63, 3.8) is 0 Å². The number of rotatable bonds is 2. The third-order valence-electron chi connectivity index (χ3n) is 1.37. The fraction of sp³-hybridized carbons (Fsp3) is 0.111. The van der Waals surface area contributed by atoms with E-state index in [0.29, 0.717) is 0 Å². The predicted octanol–water partition coefficient (Wildman–Crippen LogP) is -1.01. The average Bonchev–Trinajstić information content (AvgIpc) is 2.04. The van der Waals surface area contributed by atoms with Gasteiger partial charge in [0.25, 0.3) is 0 Å². The molecule has 0 atom stereocenters. The van der Waals surface area contributed by atoms with E-state index in [2.05, 4.69) is 11.6 Å². The molecule has 1 aromatic carbocycles. The molecular weight excluding hydrogens is 251 g/mol. The van der Waals surface area contributed by atoms with E-state index in [1.165, 1.54) is 12.1 Å². The van der Waals surface area contributed by atoms with Gasteiger partial charge in [0.05, 0.1) is 0 Å². The molecule has 14 heavy (non-hydrogen) atoms. The first-order valence-corrected chi connectivity index (χ1v) is 5.11. The summed E-state index contributed by atoms with van der Waals surface area (Å²) >= 11 is -0.0515. The van der Waals surface area contributed by atoms with E-state index in [1.807, 2.05) is 0 Å². The zero-order chi connectivity index (χ0) is 9.90. The quantitative estimate of drug-likeness (QED) is 0.470. The zero-order valence-electron chi connectivity index (χ0n) is 7.56. The van der Waals surface area contributed by atoms with E-state index >= 15 is 0 Å². The van der Waals surface area contributed by atoms with Crippen molar-refractivity contribution in [2.24, 2.45) is 0 Å². The SMILES string of the molecule is C=[C-][Se]c1ccc(C(F)(F)F)cc1.[Li+]. The molecule has 70 valence electrons. The minimum absolute atomic E-state index is 0. The zero-order valence-corrected chi connectivity index (χ0v) is 9.27. The first-order valence-electron chi connectivity index (χ1n) is 3.40. The van der Waals surface area contributed by atoms with Crippen molar-refractivity contribution in [2.45, 2.75) is 6.18 Å². The Bertz CT molecular complexity index is 292. The van der Waals surface area contributed by atoms with Crippen LogP contribution in [0.15, 0.2) is 30.8 Å². The largest absolute Gasteiger partial charge is 1.00 e. The van der Waals surface area contributed by atoms with Crippen LogP contribution in [0.2, 0.25) is 0 Å². The summed E-state index contributed by atoms with van der Waals surface area (Å²) in [5, 5.41) is 0. The molecule has 0 N–H and O–H groups in total. The molecule has 0 unspecified atom stereocenters. The maximum Gasteiger partial charge on any atom is 1.00 e. The summed E-state index contributed by atoms with van der Waals surface area (Å²) in [6.45, 7) is 3.41. The van der Waals surface area contributed by atoms with E-state index in [4.69, 9.17) is 0 Å². The normalized spacial score (nSPS) is 10.5. The van der Waals surface area contributed by atoms with Crippen LogP contribution in [0.25, 0.3) is 0 Å². The van der Waals surface area contributed by atoms with Gasteiger partial charge < -0.3 is 0 Å². The van der Waals surface area contributed by atoms with Crippen molar-refractivity contribution in [3.8, 4) is 0 Å². The van der Waals surface area contributed by atoms with Gasteiger partial charge in [0, 0.05) is 0 Å². The van der Waals surface area contributed by atoms with Gasteiger partial charge in [0.2, 0.25) is 0 Å². The van der Waals surface area contributed by atoms with Gasteiger partial charge >= 0.3 is 99.0 Å². The van der Waals surface area contributed by atoms with Gasteiger partial charge in [-0.1, -0.05) is 0 Å². The molecule has 5 heteroatoms. The predicted molar refractivity (Wildman–Crippen MR) is 45.7 cm³/mol. The summed E-state index contributed by atoms with van der Waals surface area (Å²) in [6, 6.07) is 5.07. The molecule has 0 saturated carbocycles. The fourth-order valence-corrected chi connectivity index (χ4v) is 1.72. The van der Waals surface area contributed by atoms with Crippen LogP contribution < -0.4 is 23.3 Å². The molecule has 0 spiro atoms. The smallest absolute Gasteiger partial charge is 1.00 e. The molecule has 0 nitrogen and oxygen atoms in total. The second-order valence-electron chi connectivity index (χ2n) is 2.27. The van der Waals surface area contributed by atoms with Gasteiger partial charge in [-0.15, -0.1) is 0 Å². The van der Waals surface area contributed by atoms with Gasteiger partial charge in [-0.3, -0.25) is 0 Å². The first kappa shape index (κ1) is 13.9. The number of hydrogen-bond donors (Lipinski definition) is 0. The van der Waals surface area contributed by atoms with Crippen LogP contribution in [-0.4, -0.2) is 15.0 Å². The number of halogens is 3. The van der Waals surface area contributed by atoms with Gasteiger partial charge in [0.1, 0.15) is 0 Å². The maximum absolute atomic E-state index is 12.1. The monoisotopic (exact) mass is 258 g/mol. The average molecular weight is 257 g/mol. The van der Waals surface area contributed by atoms with Crippen LogP contribution in [0, 0.1) is 4.97 Å². The minimum Gasteiger partial charge on any atom is 1.00 e. The maximum atomic E-state index is 12.1. The summed E-state index contributed by atoms with van der Waals surface area (Å²) in [4.78, 5) is 2.67. The summed E-state index contributed by atoms with van der Waals surface area (Å²) in [6.07, 6.45) is -4.25. The Morgan fingerprint density at radius 1 is 1.14 bits per heavy atom. The van der Waals surface area contributed by atoms with Crippen LogP contribution in [0.5, 0.6) is 0 Å². The van der Waals surface area contributed by atoms with Crippen LogP contribution in [0.4, 0.5) is 13.2 Å². The van der Waals surface area contributed by atoms with Crippen LogP contribution in [0.1, 0.15) is 5.56 Å². The fourth-order valence-electron chi connectivity index (χ4n) is 0.795. The molecule has 0 bridgehead atoms. The van der Waals surface area contributed by atoms with E-state index < -0.39 is 11.7 Å². The number of hydrogen-bond acceptors (Lipinski definition) is 0. The van der Waals surface area contributed by atoms with Crippen molar-refractivity contribution < 1.29 is 32.0 Å². The van der Waals surface area contributed by atoms with Crippen molar-refractivity contribution >= 4 is 19.4 Å². The van der Waals surface area contributed by atoms with E-state index in [-0.39, 0.29) is 33.8 Å². The molecule has 0 heterocycles. The molecule has 0 aliphatic carbocycles. The molecule has 0 radical (unpaired) electrons. The molecule has 1 rings (SSSR count). The Balaban J connectivity index is 0.00000169.